The molecule has 0 saturated carbocycles. The molecule has 6 heteroatoms. The Morgan fingerprint density at radius 2 is 2.00 bits per heavy atom. The monoisotopic (exact) mass is 184 g/mol. The van der Waals surface area contributed by atoms with Crippen molar-refractivity contribution in [2.24, 2.45) is 0 Å². The van der Waals surface area contributed by atoms with Gasteiger partial charge >= 0.3 is 12.1 Å². The summed E-state index contributed by atoms with van der Waals surface area (Å²) in [7, 11) is 0. The third-order valence-corrected chi connectivity index (χ3v) is 0.706. The van der Waals surface area contributed by atoms with E-state index < -0.39 is 18.8 Å². The van der Waals surface area contributed by atoms with Gasteiger partial charge in [0, 0.05) is 5.57 Å². The summed E-state index contributed by atoms with van der Waals surface area (Å²) < 4.78 is 34.1. The van der Waals surface area contributed by atoms with Crippen LogP contribution < -0.4 is 0 Å². The summed E-state index contributed by atoms with van der Waals surface area (Å²) in [6.07, 6.45) is -4.50. The SMILES string of the molecule is C=C(C)C(=O)OOCC(F)(F)F. The van der Waals surface area contributed by atoms with Crippen molar-refractivity contribution in [2.75, 3.05) is 6.61 Å². The third kappa shape index (κ3) is 5.72. The van der Waals surface area contributed by atoms with Gasteiger partial charge in [-0.2, -0.15) is 18.1 Å². The molecule has 0 aromatic carbocycles. The predicted molar refractivity (Wildman–Crippen MR) is 32.9 cm³/mol. The molecule has 0 heterocycles. The molecule has 0 aromatic heterocycles. The standard InChI is InChI=1S/C6H7F3O3/c1-4(2)5(10)12-11-3-6(7,8)9/h1,3H2,2H3. The molecule has 70 valence electrons. The van der Waals surface area contributed by atoms with Gasteiger partial charge in [0.1, 0.15) is 0 Å². The normalized spacial score (nSPS) is 11.0. The first-order valence-electron chi connectivity index (χ1n) is 2.89. The van der Waals surface area contributed by atoms with Crippen molar-refractivity contribution in [3.8, 4) is 0 Å². The van der Waals surface area contributed by atoms with Crippen molar-refractivity contribution in [2.45, 2.75) is 13.1 Å². The van der Waals surface area contributed by atoms with Crippen LogP contribution in [0.25, 0.3) is 0 Å². The summed E-state index contributed by atoms with van der Waals surface area (Å²) in [5.41, 5.74) is -0.0304. The van der Waals surface area contributed by atoms with Crippen molar-refractivity contribution in [1.29, 1.82) is 0 Å². The maximum atomic E-state index is 11.4. The third-order valence-electron chi connectivity index (χ3n) is 0.706. The minimum Gasteiger partial charge on any atom is -0.293 e. The minimum atomic E-state index is -4.50. The molecule has 0 amide bonds. The molecule has 0 N–H and O–H groups in total. The van der Waals surface area contributed by atoms with Gasteiger partial charge in [-0.3, -0.25) is 4.89 Å². The lowest BCUT2D eigenvalue weighted by Gasteiger charge is -2.05. The van der Waals surface area contributed by atoms with E-state index in [4.69, 9.17) is 0 Å². The highest BCUT2D eigenvalue weighted by Crippen LogP contribution is 2.14. The van der Waals surface area contributed by atoms with Crippen LogP contribution in [0.15, 0.2) is 12.2 Å². The number of rotatable bonds is 3. The van der Waals surface area contributed by atoms with Crippen molar-refractivity contribution >= 4 is 5.97 Å². The van der Waals surface area contributed by atoms with Gasteiger partial charge in [-0.1, -0.05) is 6.58 Å². The molecule has 0 unspecified atom stereocenters. The Morgan fingerprint density at radius 3 is 2.33 bits per heavy atom. The van der Waals surface area contributed by atoms with Crippen LogP contribution in [-0.2, 0) is 14.6 Å². The summed E-state index contributed by atoms with van der Waals surface area (Å²) in [5.74, 6) is -1.01. The Morgan fingerprint density at radius 1 is 1.50 bits per heavy atom. The van der Waals surface area contributed by atoms with Gasteiger partial charge in [0.15, 0.2) is 6.61 Å². The Kier molecular flexibility index (Phi) is 3.75. The Labute approximate surface area is 66.7 Å². The van der Waals surface area contributed by atoms with Crippen molar-refractivity contribution in [3.05, 3.63) is 12.2 Å². The smallest absolute Gasteiger partial charge is 0.293 e. The lowest BCUT2D eigenvalue weighted by molar-refractivity contribution is -0.314. The summed E-state index contributed by atoms with van der Waals surface area (Å²) >= 11 is 0. The fourth-order valence-corrected chi connectivity index (χ4v) is 0.221. The molecule has 0 aliphatic rings. The van der Waals surface area contributed by atoms with Crippen LogP contribution in [0, 0.1) is 0 Å². The van der Waals surface area contributed by atoms with E-state index in [0.717, 1.165) is 0 Å². The van der Waals surface area contributed by atoms with Gasteiger partial charge < -0.3 is 0 Å². The van der Waals surface area contributed by atoms with Crippen LogP contribution in [0.3, 0.4) is 0 Å². The number of halogens is 3. The van der Waals surface area contributed by atoms with Gasteiger partial charge in [-0.15, -0.1) is 0 Å². The van der Waals surface area contributed by atoms with E-state index in [1.807, 2.05) is 0 Å². The molecule has 0 aliphatic carbocycles. The molecular formula is C6H7F3O3. The molecule has 0 aliphatic heterocycles. The first kappa shape index (κ1) is 11.0. The second-order valence-corrected chi connectivity index (χ2v) is 2.03. The zero-order valence-electron chi connectivity index (χ0n) is 6.27. The van der Waals surface area contributed by atoms with Crippen LogP contribution in [-0.4, -0.2) is 18.8 Å². The molecule has 0 fully saturated rings. The molecule has 0 radical (unpaired) electrons. The molecule has 12 heavy (non-hydrogen) atoms. The average molecular weight is 184 g/mol. The van der Waals surface area contributed by atoms with Gasteiger partial charge in [0.05, 0.1) is 0 Å². The maximum absolute atomic E-state index is 11.4. The van der Waals surface area contributed by atoms with Crippen LogP contribution in [0.2, 0.25) is 0 Å². The highest BCUT2D eigenvalue weighted by molar-refractivity contribution is 5.86. The Hall–Kier alpha value is -1.04. The van der Waals surface area contributed by atoms with E-state index in [1.165, 1.54) is 6.92 Å². The fraction of sp³-hybridized carbons (Fsp3) is 0.500. The van der Waals surface area contributed by atoms with Crippen LogP contribution in [0.5, 0.6) is 0 Å². The zero-order valence-corrected chi connectivity index (χ0v) is 6.27. The number of alkyl halides is 3. The summed E-state index contributed by atoms with van der Waals surface area (Å²) in [6, 6.07) is 0. The molecular weight excluding hydrogens is 177 g/mol. The molecule has 0 saturated heterocycles. The number of hydrogen-bond acceptors (Lipinski definition) is 3. The lowest BCUT2D eigenvalue weighted by atomic mass is 10.4. The summed E-state index contributed by atoms with van der Waals surface area (Å²) in [5, 5.41) is 0. The van der Waals surface area contributed by atoms with Crippen LogP contribution in [0.1, 0.15) is 6.92 Å². The largest absolute Gasteiger partial charge is 0.415 e. The molecule has 0 rings (SSSR count). The van der Waals surface area contributed by atoms with Gasteiger partial charge in [-0.05, 0) is 6.92 Å². The molecule has 0 bridgehead atoms. The lowest BCUT2D eigenvalue weighted by Crippen LogP contribution is -2.19. The van der Waals surface area contributed by atoms with Crippen molar-refractivity contribution in [3.63, 3.8) is 0 Å². The Bertz CT molecular complexity index is 185. The number of carbonyl (C=O) groups excluding carboxylic acids is 1. The summed E-state index contributed by atoms with van der Waals surface area (Å²) in [4.78, 5) is 17.7. The first-order valence-corrected chi connectivity index (χ1v) is 2.89. The van der Waals surface area contributed by atoms with E-state index in [2.05, 4.69) is 16.4 Å². The number of hydrogen-bond donors (Lipinski definition) is 0. The van der Waals surface area contributed by atoms with E-state index in [-0.39, 0.29) is 5.57 Å². The summed E-state index contributed by atoms with van der Waals surface area (Å²) in [6.45, 7) is 2.81. The number of carbonyl (C=O) groups is 1. The molecule has 3 nitrogen and oxygen atoms in total. The molecule has 0 aromatic rings. The minimum absolute atomic E-state index is 0.0304. The predicted octanol–water partition coefficient (Wildman–Crippen LogP) is 1.60. The zero-order chi connectivity index (χ0) is 9.78. The van der Waals surface area contributed by atoms with Gasteiger partial charge in [-0.25, -0.2) is 4.79 Å². The van der Waals surface area contributed by atoms with Gasteiger partial charge in [0.2, 0.25) is 0 Å². The van der Waals surface area contributed by atoms with Crippen molar-refractivity contribution < 1.29 is 27.7 Å². The second-order valence-electron chi connectivity index (χ2n) is 2.03. The Balaban J connectivity index is 3.58. The van der Waals surface area contributed by atoms with E-state index in [1.54, 1.807) is 0 Å². The fourth-order valence-electron chi connectivity index (χ4n) is 0.221. The highest BCUT2D eigenvalue weighted by Gasteiger charge is 2.29. The quantitative estimate of drug-likeness (QED) is 0.379. The van der Waals surface area contributed by atoms with Crippen LogP contribution in [0.4, 0.5) is 13.2 Å². The molecule has 0 atom stereocenters. The maximum Gasteiger partial charge on any atom is 0.415 e. The van der Waals surface area contributed by atoms with Crippen LogP contribution >= 0.6 is 0 Å². The van der Waals surface area contributed by atoms with E-state index >= 15 is 0 Å². The first-order chi connectivity index (χ1) is 5.33. The van der Waals surface area contributed by atoms with E-state index in [0.29, 0.717) is 0 Å². The average Bonchev–Trinajstić information content (AvgIpc) is 1.84. The van der Waals surface area contributed by atoms with Crippen molar-refractivity contribution in [1.82, 2.24) is 0 Å². The highest BCUT2D eigenvalue weighted by atomic mass is 19.4. The molecule has 0 spiro atoms. The topological polar surface area (TPSA) is 35.5 Å². The second kappa shape index (κ2) is 4.10. The van der Waals surface area contributed by atoms with E-state index in [9.17, 15) is 18.0 Å². The van der Waals surface area contributed by atoms with Gasteiger partial charge in [0.25, 0.3) is 0 Å².